The SMILES string of the molecule is CCc1ccc(C(=O)NC2c3ccccc3CC2Cl)cc1. The van der Waals surface area contributed by atoms with Crippen molar-refractivity contribution in [3.63, 3.8) is 0 Å². The molecule has 0 saturated heterocycles. The van der Waals surface area contributed by atoms with Crippen molar-refractivity contribution in [1.82, 2.24) is 5.32 Å². The van der Waals surface area contributed by atoms with Crippen molar-refractivity contribution in [2.24, 2.45) is 0 Å². The molecule has 1 amide bonds. The normalized spacial score (nSPS) is 20.1. The zero-order chi connectivity index (χ0) is 14.8. The summed E-state index contributed by atoms with van der Waals surface area (Å²) in [5.41, 5.74) is 4.27. The fourth-order valence-electron chi connectivity index (χ4n) is 2.83. The summed E-state index contributed by atoms with van der Waals surface area (Å²) in [6, 6.07) is 15.7. The van der Waals surface area contributed by atoms with Crippen LogP contribution < -0.4 is 5.32 Å². The van der Waals surface area contributed by atoms with Gasteiger partial charge in [0.15, 0.2) is 0 Å². The standard InChI is InChI=1S/C18H18ClNO/c1-2-12-7-9-13(10-8-12)18(21)20-17-15-6-4-3-5-14(15)11-16(17)19/h3-10,16-17H,2,11H2,1H3,(H,20,21). The van der Waals surface area contributed by atoms with E-state index in [-0.39, 0.29) is 17.3 Å². The summed E-state index contributed by atoms with van der Waals surface area (Å²) in [4.78, 5) is 12.4. The molecule has 0 heterocycles. The van der Waals surface area contributed by atoms with Crippen LogP contribution in [0.1, 0.15) is 40.0 Å². The van der Waals surface area contributed by atoms with E-state index in [9.17, 15) is 4.79 Å². The molecule has 2 unspecified atom stereocenters. The molecule has 21 heavy (non-hydrogen) atoms. The number of rotatable bonds is 3. The van der Waals surface area contributed by atoms with Gasteiger partial charge in [-0.25, -0.2) is 0 Å². The van der Waals surface area contributed by atoms with Gasteiger partial charge in [0.2, 0.25) is 0 Å². The Kier molecular flexibility index (Phi) is 3.98. The predicted octanol–water partition coefficient (Wildman–Crippen LogP) is 3.88. The Bertz CT molecular complexity index is 651. The van der Waals surface area contributed by atoms with E-state index >= 15 is 0 Å². The average Bonchev–Trinajstić information content (AvgIpc) is 2.83. The van der Waals surface area contributed by atoms with Gasteiger partial charge < -0.3 is 5.32 Å². The minimum absolute atomic E-state index is 0.0648. The van der Waals surface area contributed by atoms with Crippen molar-refractivity contribution >= 4 is 17.5 Å². The molecule has 0 saturated carbocycles. The van der Waals surface area contributed by atoms with Crippen molar-refractivity contribution in [2.45, 2.75) is 31.2 Å². The largest absolute Gasteiger partial charge is 0.344 e. The molecule has 3 rings (SSSR count). The number of carbonyl (C=O) groups is 1. The summed E-state index contributed by atoms with van der Waals surface area (Å²) in [6.45, 7) is 2.10. The van der Waals surface area contributed by atoms with Gasteiger partial charge >= 0.3 is 0 Å². The lowest BCUT2D eigenvalue weighted by molar-refractivity contribution is 0.0937. The van der Waals surface area contributed by atoms with Crippen LogP contribution in [-0.4, -0.2) is 11.3 Å². The number of benzene rings is 2. The first-order chi connectivity index (χ1) is 10.2. The fraction of sp³-hybridized carbons (Fsp3) is 0.278. The van der Waals surface area contributed by atoms with Gasteiger partial charge in [-0.05, 0) is 41.7 Å². The molecule has 2 atom stereocenters. The third-order valence-corrected chi connectivity index (χ3v) is 4.48. The highest BCUT2D eigenvalue weighted by Gasteiger charge is 2.31. The molecule has 0 aliphatic heterocycles. The second-order valence-corrected chi connectivity index (χ2v) is 5.98. The molecule has 1 N–H and O–H groups in total. The molecule has 2 nitrogen and oxygen atoms in total. The molecule has 0 fully saturated rings. The fourth-order valence-corrected chi connectivity index (χ4v) is 3.20. The van der Waals surface area contributed by atoms with Gasteiger partial charge in [0, 0.05) is 5.56 Å². The summed E-state index contributed by atoms with van der Waals surface area (Å²) >= 11 is 6.41. The molecular formula is C18H18ClNO. The minimum Gasteiger partial charge on any atom is -0.344 e. The van der Waals surface area contributed by atoms with Crippen molar-refractivity contribution in [2.75, 3.05) is 0 Å². The van der Waals surface area contributed by atoms with Gasteiger partial charge in [0.1, 0.15) is 0 Å². The summed E-state index contributed by atoms with van der Waals surface area (Å²) in [5.74, 6) is -0.0648. The molecule has 1 aliphatic rings. The first-order valence-corrected chi connectivity index (χ1v) is 7.74. The number of carbonyl (C=O) groups excluding carboxylic acids is 1. The van der Waals surface area contributed by atoms with E-state index in [0.29, 0.717) is 5.56 Å². The molecule has 3 heteroatoms. The van der Waals surface area contributed by atoms with E-state index < -0.39 is 0 Å². The Morgan fingerprint density at radius 3 is 2.62 bits per heavy atom. The summed E-state index contributed by atoms with van der Waals surface area (Å²) in [6.07, 6.45) is 1.78. The molecule has 0 radical (unpaired) electrons. The first kappa shape index (κ1) is 14.2. The van der Waals surface area contributed by atoms with Crippen molar-refractivity contribution in [1.29, 1.82) is 0 Å². The van der Waals surface area contributed by atoms with E-state index in [4.69, 9.17) is 11.6 Å². The monoisotopic (exact) mass is 299 g/mol. The second kappa shape index (κ2) is 5.90. The Morgan fingerprint density at radius 2 is 1.90 bits per heavy atom. The quantitative estimate of drug-likeness (QED) is 0.856. The predicted molar refractivity (Wildman–Crippen MR) is 85.8 cm³/mol. The maximum absolute atomic E-state index is 12.4. The third-order valence-electron chi connectivity index (χ3n) is 4.08. The smallest absolute Gasteiger partial charge is 0.251 e. The van der Waals surface area contributed by atoms with E-state index in [1.807, 2.05) is 42.5 Å². The summed E-state index contributed by atoms with van der Waals surface area (Å²) in [5, 5.41) is 2.99. The van der Waals surface area contributed by atoms with Crippen LogP contribution in [0.25, 0.3) is 0 Å². The number of aryl methyl sites for hydroxylation is 1. The van der Waals surface area contributed by atoms with Crippen LogP contribution in [0, 0.1) is 0 Å². The average molecular weight is 300 g/mol. The number of amides is 1. The summed E-state index contributed by atoms with van der Waals surface area (Å²) in [7, 11) is 0. The Morgan fingerprint density at radius 1 is 1.19 bits per heavy atom. The lowest BCUT2D eigenvalue weighted by Gasteiger charge is -2.17. The van der Waals surface area contributed by atoms with E-state index in [0.717, 1.165) is 18.4 Å². The molecule has 2 aromatic rings. The van der Waals surface area contributed by atoms with Crippen molar-refractivity contribution in [3.8, 4) is 0 Å². The van der Waals surface area contributed by atoms with E-state index in [1.165, 1.54) is 11.1 Å². The topological polar surface area (TPSA) is 29.1 Å². The summed E-state index contributed by atoms with van der Waals surface area (Å²) < 4.78 is 0. The molecule has 0 bridgehead atoms. The Balaban J connectivity index is 1.78. The molecule has 108 valence electrons. The number of alkyl halides is 1. The highest BCUT2D eigenvalue weighted by Crippen LogP contribution is 2.34. The number of halogens is 1. The third kappa shape index (κ3) is 2.81. The van der Waals surface area contributed by atoms with Crippen LogP contribution in [-0.2, 0) is 12.8 Å². The van der Waals surface area contributed by atoms with Crippen LogP contribution in [0.15, 0.2) is 48.5 Å². The zero-order valence-corrected chi connectivity index (χ0v) is 12.7. The molecule has 1 aliphatic carbocycles. The van der Waals surface area contributed by atoms with Crippen LogP contribution in [0.4, 0.5) is 0 Å². The maximum atomic E-state index is 12.4. The highest BCUT2D eigenvalue weighted by atomic mass is 35.5. The van der Waals surface area contributed by atoms with Gasteiger partial charge in [0.05, 0.1) is 11.4 Å². The molecular weight excluding hydrogens is 282 g/mol. The van der Waals surface area contributed by atoms with Gasteiger partial charge in [-0.15, -0.1) is 11.6 Å². The van der Waals surface area contributed by atoms with E-state index in [2.05, 4.69) is 18.3 Å². The molecule has 0 spiro atoms. The highest BCUT2D eigenvalue weighted by molar-refractivity contribution is 6.21. The minimum atomic E-state index is -0.110. The first-order valence-electron chi connectivity index (χ1n) is 7.30. The van der Waals surface area contributed by atoms with Gasteiger partial charge in [0.25, 0.3) is 5.91 Å². The second-order valence-electron chi connectivity index (χ2n) is 5.42. The van der Waals surface area contributed by atoms with Gasteiger partial charge in [-0.2, -0.15) is 0 Å². The van der Waals surface area contributed by atoms with E-state index in [1.54, 1.807) is 0 Å². The van der Waals surface area contributed by atoms with Crippen molar-refractivity contribution in [3.05, 3.63) is 70.8 Å². The number of nitrogens with one attached hydrogen (secondary N) is 1. The number of hydrogen-bond acceptors (Lipinski definition) is 1. The zero-order valence-electron chi connectivity index (χ0n) is 12.0. The van der Waals surface area contributed by atoms with Crippen molar-refractivity contribution < 1.29 is 4.79 Å². The number of hydrogen-bond donors (Lipinski definition) is 1. The van der Waals surface area contributed by atoms with Crippen LogP contribution >= 0.6 is 11.6 Å². The lowest BCUT2D eigenvalue weighted by Crippen LogP contribution is -2.31. The maximum Gasteiger partial charge on any atom is 0.251 e. The molecule has 0 aromatic heterocycles. The van der Waals surface area contributed by atoms with Gasteiger partial charge in [-0.3, -0.25) is 4.79 Å². The van der Waals surface area contributed by atoms with Crippen LogP contribution in [0.5, 0.6) is 0 Å². The van der Waals surface area contributed by atoms with Gasteiger partial charge in [-0.1, -0.05) is 43.3 Å². The number of fused-ring (bicyclic) bond motifs is 1. The Labute approximate surface area is 130 Å². The van der Waals surface area contributed by atoms with Crippen LogP contribution in [0.2, 0.25) is 0 Å². The van der Waals surface area contributed by atoms with Crippen LogP contribution in [0.3, 0.4) is 0 Å². The molecule has 2 aromatic carbocycles. The Hall–Kier alpha value is -1.80. The lowest BCUT2D eigenvalue weighted by atomic mass is 10.1.